The van der Waals surface area contributed by atoms with Crippen LogP contribution in [0.4, 0.5) is 17.6 Å². The van der Waals surface area contributed by atoms with Crippen molar-refractivity contribution in [2.45, 2.75) is 5.63 Å². The molecule has 0 aliphatic heterocycles. The number of alkyl halides is 2. The van der Waals surface area contributed by atoms with Crippen LogP contribution in [0.5, 0.6) is 5.75 Å². The Balaban J connectivity index is 2.28. The second kappa shape index (κ2) is 7.40. The summed E-state index contributed by atoms with van der Waals surface area (Å²) in [6, 6.07) is 7.93. The predicted octanol–water partition coefficient (Wildman–Crippen LogP) is 4.91. The maximum absolute atomic E-state index is 13.7. The van der Waals surface area contributed by atoms with E-state index in [0.717, 1.165) is 12.1 Å². The highest BCUT2D eigenvalue weighted by molar-refractivity contribution is 6.20. The van der Waals surface area contributed by atoms with Gasteiger partial charge in [0.05, 0.1) is 0 Å². The van der Waals surface area contributed by atoms with Gasteiger partial charge in [-0.1, -0.05) is 35.9 Å². The normalized spacial score (nSPS) is 12.1. The average molecular weight is 399 g/mol. The number of nitrogens with zero attached hydrogens (tertiary/aromatic N) is 2. The third-order valence-electron chi connectivity index (χ3n) is 3.88. The molecule has 0 fully saturated rings. The van der Waals surface area contributed by atoms with E-state index in [1.807, 2.05) is 0 Å². The Morgan fingerprint density at radius 2 is 1.74 bits per heavy atom. The minimum atomic E-state index is -2.05. The summed E-state index contributed by atoms with van der Waals surface area (Å²) in [5, 5.41) is 3.91. The predicted molar refractivity (Wildman–Crippen MR) is 90.3 cm³/mol. The standard InChI is InChI=1S/C18H11ClF4N2O2/c1-25-16(17(27-8-26)15(24-25)18(19)23)11-5-3-2-4-10(11)9-6-12(20)14(22)13(21)7-9/h2-8,18H,1H3. The molecule has 0 N–H and O–H groups in total. The van der Waals surface area contributed by atoms with Crippen LogP contribution in [0.1, 0.15) is 11.3 Å². The first kappa shape index (κ1) is 18.9. The first-order valence-corrected chi connectivity index (χ1v) is 7.98. The summed E-state index contributed by atoms with van der Waals surface area (Å²) in [6.07, 6.45) is 0. The molecule has 1 atom stereocenters. The van der Waals surface area contributed by atoms with E-state index in [1.54, 1.807) is 18.2 Å². The Bertz CT molecular complexity index is 998. The summed E-state index contributed by atoms with van der Waals surface area (Å²) >= 11 is 5.45. The largest absolute Gasteiger partial charge is 0.424 e. The van der Waals surface area contributed by atoms with Crippen molar-refractivity contribution in [2.24, 2.45) is 7.05 Å². The van der Waals surface area contributed by atoms with E-state index < -0.39 is 23.1 Å². The van der Waals surface area contributed by atoms with Crippen molar-refractivity contribution in [3.05, 3.63) is 59.5 Å². The van der Waals surface area contributed by atoms with Gasteiger partial charge >= 0.3 is 0 Å². The molecule has 140 valence electrons. The molecule has 0 spiro atoms. The molecule has 0 aliphatic carbocycles. The quantitative estimate of drug-likeness (QED) is 0.265. The van der Waals surface area contributed by atoms with Gasteiger partial charge in [-0.25, -0.2) is 17.6 Å². The number of carbonyl (C=O) groups is 1. The Kier molecular flexibility index (Phi) is 5.18. The molecule has 0 saturated carbocycles. The third-order valence-corrected chi connectivity index (χ3v) is 4.09. The molecular weight excluding hydrogens is 388 g/mol. The van der Waals surface area contributed by atoms with E-state index in [2.05, 4.69) is 5.10 Å². The van der Waals surface area contributed by atoms with E-state index in [4.69, 9.17) is 16.3 Å². The fraction of sp³-hybridized carbons (Fsp3) is 0.111. The van der Waals surface area contributed by atoms with Crippen LogP contribution < -0.4 is 4.74 Å². The van der Waals surface area contributed by atoms with Crippen LogP contribution in [-0.4, -0.2) is 16.3 Å². The van der Waals surface area contributed by atoms with Crippen LogP contribution in [0.15, 0.2) is 36.4 Å². The van der Waals surface area contributed by atoms with Crippen LogP contribution in [-0.2, 0) is 11.8 Å². The number of benzene rings is 2. The summed E-state index contributed by atoms with van der Waals surface area (Å²) < 4.78 is 60.4. The molecule has 27 heavy (non-hydrogen) atoms. The molecule has 4 nitrogen and oxygen atoms in total. The van der Waals surface area contributed by atoms with Gasteiger partial charge in [-0.2, -0.15) is 5.10 Å². The lowest BCUT2D eigenvalue weighted by Crippen LogP contribution is -1.99. The van der Waals surface area contributed by atoms with Crippen molar-refractivity contribution in [1.29, 1.82) is 0 Å². The Labute approximate surface area is 155 Å². The number of aryl methyl sites for hydroxylation is 1. The number of aromatic nitrogens is 2. The number of halogens is 5. The van der Waals surface area contributed by atoms with E-state index in [9.17, 15) is 22.4 Å². The maximum Gasteiger partial charge on any atom is 0.298 e. The van der Waals surface area contributed by atoms with Crippen molar-refractivity contribution in [2.75, 3.05) is 0 Å². The molecule has 1 heterocycles. The maximum atomic E-state index is 13.7. The summed E-state index contributed by atoms with van der Waals surface area (Å²) in [5.41, 5.74) is -1.59. The van der Waals surface area contributed by atoms with Crippen LogP contribution >= 0.6 is 11.6 Å². The highest BCUT2D eigenvalue weighted by Crippen LogP contribution is 2.42. The number of carbonyl (C=O) groups excluding carboxylic acids is 1. The van der Waals surface area contributed by atoms with Gasteiger partial charge in [-0.3, -0.25) is 9.48 Å². The van der Waals surface area contributed by atoms with Crippen molar-refractivity contribution < 1.29 is 27.1 Å². The SMILES string of the molecule is Cn1nc(C(F)Cl)c(OC=O)c1-c1ccccc1-c1cc(F)c(F)c(F)c1. The number of hydrogen-bond donors (Lipinski definition) is 0. The smallest absolute Gasteiger partial charge is 0.298 e. The van der Waals surface area contributed by atoms with Crippen molar-refractivity contribution in [1.82, 2.24) is 9.78 Å². The van der Waals surface area contributed by atoms with Crippen molar-refractivity contribution in [3.63, 3.8) is 0 Å². The number of hydrogen-bond acceptors (Lipinski definition) is 3. The summed E-state index contributed by atoms with van der Waals surface area (Å²) in [4.78, 5) is 10.9. The Hall–Kier alpha value is -2.87. The summed E-state index contributed by atoms with van der Waals surface area (Å²) in [6.45, 7) is 0.0864. The van der Waals surface area contributed by atoms with E-state index >= 15 is 0 Å². The van der Waals surface area contributed by atoms with Gasteiger partial charge in [0.15, 0.2) is 28.9 Å². The molecular formula is C18H11ClF4N2O2. The fourth-order valence-electron chi connectivity index (χ4n) is 2.78. The lowest BCUT2D eigenvalue weighted by atomic mass is 9.96. The van der Waals surface area contributed by atoms with Gasteiger partial charge in [-0.05, 0) is 23.3 Å². The second-order valence-electron chi connectivity index (χ2n) is 5.50. The Morgan fingerprint density at radius 1 is 1.15 bits per heavy atom. The minimum absolute atomic E-state index is 0.0319. The monoisotopic (exact) mass is 398 g/mol. The van der Waals surface area contributed by atoms with Gasteiger partial charge < -0.3 is 4.74 Å². The molecule has 9 heteroatoms. The molecule has 0 saturated heterocycles. The zero-order valence-corrected chi connectivity index (χ0v) is 14.5. The van der Waals surface area contributed by atoms with Crippen LogP contribution in [0, 0.1) is 17.5 Å². The highest BCUT2D eigenvalue weighted by Gasteiger charge is 2.26. The van der Waals surface area contributed by atoms with Crippen molar-refractivity contribution in [3.8, 4) is 28.1 Å². The summed E-state index contributed by atoms with van der Waals surface area (Å²) in [5.74, 6) is -4.55. The van der Waals surface area contributed by atoms with Gasteiger partial charge in [0.1, 0.15) is 5.69 Å². The molecule has 3 aromatic rings. The van der Waals surface area contributed by atoms with Crippen molar-refractivity contribution >= 4 is 18.1 Å². The van der Waals surface area contributed by atoms with Gasteiger partial charge in [-0.15, -0.1) is 0 Å². The highest BCUT2D eigenvalue weighted by atomic mass is 35.5. The lowest BCUT2D eigenvalue weighted by molar-refractivity contribution is -0.120. The molecule has 0 amide bonds. The zero-order valence-electron chi connectivity index (χ0n) is 13.7. The van der Waals surface area contributed by atoms with Gasteiger partial charge in [0, 0.05) is 12.6 Å². The average Bonchev–Trinajstić information content (AvgIpc) is 2.96. The van der Waals surface area contributed by atoms with Crippen LogP contribution in [0.3, 0.4) is 0 Å². The van der Waals surface area contributed by atoms with E-state index in [1.165, 1.54) is 17.8 Å². The van der Waals surface area contributed by atoms with Gasteiger partial charge in [0.2, 0.25) is 5.63 Å². The second-order valence-corrected chi connectivity index (χ2v) is 5.88. The topological polar surface area (TPSA) is 44.1 Å². The molecule has 0 aliphatic rings. The molecule has 3 rings (SSSR count). The Morgan fingerprint density at radius 3 is 2.30 bits per heavy atom. The minimum Gasteiger partial charge on any atom is -0.424 e. The molecule has 0 radical (unpaired) electrons. The van der Waals surface area contributed by atoms with E-state index in [-0.39, 0.29) is 34.7 Å². The lowest BCUT2D eigenvalue weighted by Gasteiger charge is -2.12. The number of ether oxygens (including phenoxy) is 1. The molecule has 0 bridgehead atoms. The third kappa shape index (κ3) is 3.40. The van der Waals surface area contributed by atoms with Gasteiger partial charge in [0.25, 0.3) is 6.47 Å². The molecule has 1 aromatic heterocycles. The van der Waals surface area contributed by atoms with Crippen LogP contribution in [0.2, 0.25) is 0 Å². The first-order chi connectivity index (χ1) is 12.8. The summed E-state index contributed by atoms with van der Waals surface area (Å²) in [7, 11) is 1.46. The first-order valence-electron chi connectivity index (χ1n) is 7.54. The van der Waals surface area contributed by atoms with Crippen LogP contribution in [0.25, 0.3) is 22.4 Å². The molecule has 2 aromatic carbocycles. The van der Waals surface area contributed by atoms with E-state index in [0.29, 0.717) is 5.56 Å². The fourth-order valence-corrected chi connectivity index (χ4v) is 2.92. The molecule has 1 unspecified atom stereocenters. The zero-order chi connectivity index (χ0) is 19.7. The number of rotatable bonds is 5.